The molecule has 0 bridgehead atoms. The van der Waals surface area contributed by atoms with Crippen molar-refractivity contribution in [1.82, 2.24) is 0 Å². The minimum absolute atomic E-state index is 0.503. The molecule has 1 nitrogen and oxygen atoms in total. The second kappa shape index (κ2) is 3.69. The zero-order valence-corrected chi connectivity index (χ0v) is 10.7. The Bertz CT molecular complexity index is 802. The first-order valence-corrected chi connectivity index (χ1v) is 6.57. The molecule has 0 fully saturated rings. The average Bonchev–Trinajstić information content (AvgIpc) is 2.73. The third kappa shape index (κ3) is 1.33. The van der Waals surface area contributed by atoms with Crippen molar-refractivity contribution >= 4 is 10.8 Å². The van der Waals surface area contributed by atoms with Gasteiger partial charge in [0.05, 0.1) is 0 Å². The molecule has 0 saturated carbocycles. The Kier molecular flexibility index (Phi) is 2.09. The smallest absolute Gasteiger partial charge is 0.106 e. The molecule has 19 heavy (non-hydrogen) atoms. The fourth-order valence-corrected chi connectivity index (χ4v) is 3.23. The van der Waals surface area contributed by atoms with E-state index in [1.54, 1.807) is 0 Å². The van der Waals surface area contributed by atoms with Gasteiger partial charge in [0.2, 0.25) is 0 Å². The Balaban J connectivity index is 2.18. The number of aliphatic hydroxyl groups excluding tert-OH is 1. The van der Waals surface area contributed by atoms with Gasteiger partial charge in [0.1, 0.15) is 6.10 Å². The highest BCUT2D eigenvalue weighted by Gasteiger charge is 2.28. The van der Waals surface area contributed by atoms with Crippen LogP contribution in [0.25, 0.3) is 21.9 Å². The number of aryl methyl sites for hydroxylation is 1. The minimum atomic E-state index is -0.503. The highest BCUT2D eigenvalue weighted by Crippen LogP contribution is 2.47. The molecule has 0 aromatic heterocycles. The fourth-order valence-electron chi connectivity index (χ4n) is 3.23. The molecule has 0 aliphatic heterocycles. The number of benzene rings is 3. The number of aliphatic hydroxyl groups is 1. The zero-order valence-electron chi connectivity index (χ0n) is 10.7. The molecule has 3 aromatic carbocycles. The molecule has 0 amide bonds. The van der Waals surface area contributed by atoms with E-state index in [-0.39, 0.29) is 0 Å². The first kappa shape index (κ1) is 10.8. The summed E-state index contributed by atoms with van der Waals surface area (Å²) in [6, 6.07) is 18.7. The summed E-state index contributed by atoms with van der Waals surface area (Å²) < 4.78 is 0. The SMILES string of the molecule is Cc1cc2c(c3ccccc13)C(O)c1ccccc1-2. The maximum absolute atomic E-state index is 10.6. The van der Waals surface area contributed by atoms with Gasteiger partial charge >= 0.3 is 0 Å². The fraction of sp³-hybridized carbons (Fsp3) is 0.111. The lowest BCUT2D eigenvalue weighted by molar-refractivity contribution is 0.226. The molecule has 92 valence electrons. The van der Waals surface area contributed by atoms with Crippen LogP contribution >= 0.6 is 0 Å². The van der Waals surface area contributed by atoms with Crippen LogP contribution in [0.1, 0.15) is 22.8 Å². The minimum Gasteiger partial charge on any atom is -0.384 e. The van der Waals surface area contributed by atoms with Crippen LogP contribution in [-0.2, 0) is 0 Å². The first-order chi connectivity index (χ1) is 9.27. The molecule has 1 heteroatoms. The van der Waals surface area contributed by atoms with Crippen LogP contribution in [0.4, 0.5) is 0 Å². The van der Waals surface area contributed by atoms with Gasteiger partial charge in [0.15, 0.2) is 0 Å². The summed E-state index contributed by atoms with van der Waals surface area (Å²) in [7, 11) is 0. The van der Waals surface area contributed by atoms with E-state index in [1.165, 1.54) is 27.5 Å². The van der Waals surface area contributed by atoms with Gasteiger partial charge in [0.25, 0.3) is 0 Å². The molecule has 0 heterocycles. The predicted octanol–water partition coefficient (Wildman–Crippen LogP) is 4.21. The van der Waals surface area contributed by atoms with Crippen molar-refractivity contribution in [2.24, 2.45) is 0 Å². The summed E-state index contributed by atoms with van der Waals surface area (Å²) in [5, 5.41) is 13.0. The van der Waals surface area contributed by atoms with Crippen molar-refractivity contribution in [3.05, 3.63) is 71.3 Å². The van der Waals surface area contributed by atoms with Crippen molar-refractivity contribution in [2.45, 2.75) is 13.0 Å². The van der Waals surface area contributed by atoms with E-state index in [0.29, 0.717) is 0 Å². The Hall–Kier alpha value is -2.12. The van der Waals surface area contributed by atoms with Crippen LogP contribution in [0.15, 0.2) is 54.6 Å². The molecule has 4 rings (SSSR count). The van der Waals surface area contributed by atoms with Crippen LogP contribution < -0.4 is 0 Å². The van der Waals surface area contributed by atoms with Crippen LogP contribution in [-0.4, -0.2) is 5.11 Å². The first-order valence-electron chi connectivity index (χ1n) is 6.57. The molecule has 0 saturated heterocycles. The van der Waals surface area contributed by atoms with E-state index < -0.39 is 6.10 Å². The lowest BCUT2D eigenvalue weighted by Gasteiger charge is -2.11. The van der Waals surface area contributed by atoms with Gasteiger partial charge in [-0.15, -0.1) is 0 Å². The quantitative estimate of drug-likeness (QED) is 0.630. The van der Waals surface area contributed by atoms with Crippen LogP contribution in [0.2, 0.25) is 0 Å². The molecule has 0 radical (unpaired) electrons. The molecular weight excluding hydrogens is 232 g/mol. The van der Waals surface area contributed by atoms with Gasteiger partial charge in [0, 0.05) is 5.56 Å². The highest BCUT2D eigenvalue weighted by molar-refractivity contribution is 5.97. The van der Waals surface area contributed by atoms with Gasteiger partial charge in [-0.25, -0.2) is 0 Å². The molecule has 1 N–H and O–H groups in total. The summed E-state index contributed by atoms with van der Waals surface area (Å²) in [5.74, 6) is 0. The van der Waals surface area contributed by atoms with Crippen molar-refractivity contribution in [3.63, 3.8) is 0 Å². The largest absolute Gasteiger partial charge is 0.384 e. The molecular formula is C18H14O. The van der Waals surface area contributed by atoms with Gasteiger partial charge in [-0.05, 0) is 39.9 Å². The third-order valence-corrected chi connectivity index (χ3v) is 4.11. The summed E-state index contributed by atoms with van der Waals surface area (Å²) in [6.45, 7) is 2.13. The topological polar surface area (TPSA) is 20.2 Å². The van der Waals surface area contributed by atoms with Crippen molar-refractivity contribution in [3.8, 4) is 11.1 Å². The normalized spacial score (nSPS) is 16.4. The molecule has 0 spiro atoms. The Morgan fingerprint density at radius 3 is 2.37 bits per heavy atom. The number of rotatable bonds is 0. The van der Waals surface area contributed by atoms with Gasteiger partial charge < -0.3 is 5.11 Å². The van der Waals surface area contributed by atoms with Gasteiger partial charge in [-0.2, -0.15) is 0 Å². The van der Waals surface area contributed by atoms with Gasteiger partial charge in [-0.3, -0.25) is 0 Å². The van der Waals surface area contributed by atoms with Crippen molar-refractivity contribution < 1.29 is 5.11 Å². The number of hydrogen-bond donors (Lipinski definition) is 1. The van der Waals surface area contributed by atoms with Crippen molar-refractivity contribution in [1.29, 1.82) is 0 Å². The average molecular weight is 246 g/mol. The van der Waals surface area contributed by atoms with Crippen LogP contribution in [0, 0.1) is 6.92 Å². The van der Waals surface area contributed by atoms with E-state index in [0.717, 1.165) is 11.1 Å². The standard InChI is InChI=1S/C18H14O/c1-11-10-16-13-7-3-5-9-15(13)18(19)17(16)14-8-4-2-6-12(11)14/h2-10,18-19H,1H3. The van der Waals surface area contributed by atoms with Crippen LogP contribution in [0.5, 0.6) is 0 Å². The molecule has 1 atom stereocenters. The van der Waals surface area contributed by atoms with E-state index in [2.05, 4.69) is 37.3 Å². The molecule has 1 aliphatic rings. The van der Waals surface area contributed by atoms with E-state index in [4.69, 9.17) is 0 Å². The van der Waals surface area contributed by atoms with E-state index in [9.17, 15) is 5.11 Å². The lowest BCUT2D eigenvalue weighted by atomic mass is 9.95. The molecule has 1 unspecified atom stereocenters. The maximum Gasteiger partial charge on any atom is 0.106 e. The second-order valence-corrected chi connectivity index (χ2v) is 5.19. The van der Waals surface area contributed by atoms with Crippen LogP contribution in [0.3, 0.4) is 0 Å². The lowest BCUT2D eigenvalue weighted by Crippen LogP contribution is -1.95. The van der Waals surface area contributed by atoms with Crippen molar-refractivity contribution in [2.75, 3.05) is 0 Å². The molecule has 3 aromatic rings. The number of fused-ring (bicyclic) bond motifs is 5. The Morgan fingerprint density at radius 1 is 0.842 bits per heavy atom. The summed E-state index contributed by atoms with van der Waals surface area (Å²) >= 11 is 0. The van der Waals surface area contributed by atoms with Gasteiger partial charge in [-0.1, -0.05) is 54.6 Å². The van der Waals surface area contributed by atoms with E-state index in [1.807, 2.05) is 24.3 Å². The number of hydrogen-bond acceptors (Lipinski definition) is 1. The summed E-state index contributed by atoms with van der Waals surface area (Å²) in [4.78, 5) is 0. The maximum atomic E-state index is 10.6. The Morgan fingerprint density at radius 2 is 1.53 bits per heavy atom. The Labute approximate surface area is 112 Å². The van der Waals surface area contributed by atoms with E-state index >= 15 is 0 Å². The highest BCUT2D eigenvalue weighted by atomic mass is 16.3. The third-order valence-electron chi connectivity index (χ3n) is 4.11. The summed E-state index contributed by atoms with van der Waals surface area (Å²) in [6.07, 6.45) is -0.503. The molecule has 1 aliphatic carbocycles. The summed E-state index contributed by atoms with van der Waals surface area (Å²) in [5.41, 5.74) is 5.69. The monoisotopic (exact) mass is 246 g/mol. The second-order valence-electron chi connectivity index (χ2n) is 5.19. The predicted molar refractivity (Wildman–Crippen MR) is 78.2 cm³/mol. The zero-order chi connectivity index (χ0) is 13.0.